The molecule has 0 aliphatic carbocycles. The van der Waals surface area contributed by atoms with Gasteiger partial charge in [-0.05, 0) is 23.9 Å². The van der Waals surface area contributed by atoms with Crippen molar-refractivity contribution in [2.45, 2.75) is 13.5 Å². The van der Waals surface area contributed by atoms with Gasteiger partial charge in [-0.15, -0.1) is 0 Å². The fraction of sp³-hybridized carbons (Fsp3) is 0.111. The third-order valence-corrected chi connectivity index (χ3v) is 3.87. The van der Waals surface area contributed by atoms with Crippen molar-refractivity contribution < 1.29 is 4.92 Å². The van der Waals surface area contributed by atoms with Crippen molar-refractivity contribution in [1.29, 1.82) is 0 Å². The first kappa shape index (κ1) is 14.1. The Hall–Kier alpha value is -2.88. The Kier molecular flexibility index (Phi) is 3.74. The van der Waals surface area contributed by atoms with Gasteiger partial charge in [-0.1, -0.05) is 48.5 Å². The monoisotopic (exact) mass is 292 g/mol. The van der Waals surface area contributed by atoms with Crippen LogP contribution in [0.1, 0.15) is 11.1 Å². The van der Waals surface area contributed by atoms with E-state index in [1.165, 1.54) is 11.5 Å². The number of nitrogens with zero attached hydrogens (tertiary/aromatic N) is 1. The Labute approximate surface area is 128 Å². The lowest BCUT2D eigenvalue weighted by Crippen LogP contribution is -2.03. The summed E-state index contributed by atoms with van der Waals surface area (Å²) < 4.78 is 0. The molecule has 4 heteroatoms. The molecule has 0 bridgehead atoms. The second kappa shape index (κ2) is 5.85. The molecule has 0 unspecified atom stereocenters. The second-order valence-corrected chi connectivity index (χ2v) is 5.20. The minimum atomic E-state index is -0.337. The predicted octanol–water partition coefficient (Wildman–Crippen LogP) is 4.67. The van der Waals surface area contributed by atoms with Crippen molar-refractivity contribution in [2.24, 2.45) is 0 Å². The third kappa shape index (κ3) is 2.63. The van der Waals surface area contributed by atoms with E-state index in [4.69, 9.17) is 0 Å². The fourth-order valence-corrected chi connectivity index (χ4v) is 2.63. The fourth-order valence-electron chi connectivity index (χ4n) is 2.63. The number of hydrogen-bond acceptors (Lipinski definition) is 3. The van der Waals surface area contributed by atoms with Crippen LogP contribution in [0.2, 0.25) is 0 Å². The summed E-state index contributed by atoms with van der Waals surface area (Å²) in [6.45, 7) is 2.35. The van der Waals surface area contributed by atoms with Gasteiger partial charge in [0.25, 0.3) is 5.69 Å². The smallest absolute Gasteiger partial charge is 0.272 e. The van der Waals surface area contributed by atoms with Crippen molar-refractivity contribution in [3.63, 3.8) is 0 Å². The van der Waals surface area contributed by atoms with Crippen LogP contribution in [0.3, 0.4) is 0 Å². The molecule has 0 saturated carbocycles. The zero-order valence-corrected chi connectivity index (χ0v) is 12.2. The zero-order valence-electron chi connectivity index (χ0n) is 12.2. The molecule has 110 valence electrons. The Bertz CT molecular complexity index is 838. The summed E-state index contributed by atoms with van der Waals surface area (Å²) in [6, 6.07) is 19.4. The van der Waals surface area contributed by atoms with Gasteiger partial charge in [0, 0.05) is 29.2 Å². The SMILES string of the molecule is Cc1c(CNc2cccc3ccccc23)cccc1[N+](=O)[O-]. The zero-order chi connectivity index (χ0) is 15.5. The van der Waals surface area contributed by atoms with Gasteiger partial charge in [-0.2, -0.15) is 0 Å². The van der Waals surface area contributed by atoms with Gasteiger partial charge in [-0.3, -0.25) is 10.1 Å². The number of rotatable bonds is 4. The molecule has 0 heterocycles. The van der Waals surface area contributed by atoms with Crippen LogP contribution in [0, 0.1) is 17.0 Å². The molecule has 0 saturated heterocycles. The average Bonchev–Trinajstić information content (AvgIpc) is 2.53. The van der Waals surface area contributed by atoms with Gasteiger partial charge in [0.05, 0.1) is 4.92 Å². The van der Waals surface area contributed by atoms with E-state index in [2.05, 4.69) is 23.5 Å². The van der Waals surface area contributed by atoms with Crippen LogP contribution in [0.15, 0.2) is 60.7 Å². The summed E-state index contributed by atoms with van der Waals surface area (Å²) in [5, 5.41) is 16.7. The molecular formula is C18H16N2O2. The maximum absolute atomic E-state index is 11.0. The number of anilines is 1. The quantitative estimate of drug-likeness (QED) is 0.561. The van der Waals surface area contributed by atoms with Crippen LogP contribution in [0.25, 0.3) is 10.8 Å². The number of fused-ring (bicyclic) bond motifs is 1. The lowest BCUT2D eigenvalue weighted by molar-refractivity contribution is -0.385. The Morgan fingerprint density at radius 3 is 2.55 bits per heavy atom. The number of benzene rings is 3. The maximum atomic E-state index is 11.0. The van der Waals surface area contributed by atoms with E-state index in [9.17, 15) is 10.1 Å². The van der Waals surface area contributed by atoms with Crippen LogP contribution in [0.4, 0.5) is 11.4 Å². The molecule has 0 aliphatic heterocycles. The number of nitrogens with one attached hydrogen (secondary N) is 1. The lowest BCUT2D eigenvalue weighted by Gasteiger charge is -2.11. The molecule has 4 nitrogen and oxygen atoms in total. The highest BCUT2D eigenvalue weighted by atomic mass is 16.6. The molecule has 22 heavy (non-hydrogen) atoms. The van der Waals surface area contributed by atoms with Gasteiger partial charge in [0.2, 0.25) is 0 Å². The van der Waals surface area contributed by atoms with Crippen molar-refractivity contribution in [1.82, 2.24) is 0 Å². The van der Waals surface area contributed by atoms with E-state index in [1.807, 2.05) is 30.3 Å². The molecule has 0 fully saturated rings. The van der Waals surface area contributed by atoms with Gasteiger partial charge in [-0.25, -0.2) is 0 Å². The van der Waals surface area contributed by atoms with E-state index in [1.54, 1.807) is 13.0 Å². The van der Waals surface area contributed by atoms with Crippen molar-refractivity contribution in [3.8, 4) is 0 Å². The summed E-state index contributed by atoms with van der Waals surface area (Å²) >= 11 is 0. The summed E-state index contributed by atoms with van der Waals surface area (Å²) in [7, 11) is 0. The van der Waals surface area contributed by atoms with E-state index in [0.29, 0.717) is 12.1 Å². The molecule has 3 aromatic carbocycles. The molecule has 0 aliphatic rings. The minimum Gasteiger partial charge on any atom is -0.380 e. The van der Waals surface area contributed by atoms with Gasteiger partial charge >= 0.3 is 0 Å². The van der Waals surface area contributed by atoms with Crippen LogP contribution < -0.4 is 5.32 Å². The summed E-state index contributed by atoms with van der Waals surface area (Å²) in [5.41, 5.74) is 2.84. The number of nitro benzene ring substituents is 1. The van der Waals surface area contributed by atoms with E-state index in [0.717, 1.165) is 16.6 Å². The topological polar surface area (TPSA) is 55.2 Å². The normalized spacial score (nSPS) is 10.6. The first-order valence-electron chi connectivity index (χ1n) is 7.11. The molecule has 0 amide bonds. The molecule has 0 atom stereocenters. The molecule has 0 spiro atoms. The Balaban J connectivity index is 1.89. The Morgan fingerprint density at radius 2 is 1.73 bits per heavy atom. The van der Waals surface area contributed by atoms with Crippen molar-refractivity contribution in [3.05, 3.63) is 81.9 Å². The molecule has 3 aromatic rings. The average molecular weight is 292 g/mol. The number of hydrogen-bond donors (Lipinski definition) is 1. The first-order chi connectivity index (χ1) is 10.7. The summed E-state index contributed by atoms with van der Waals surface area (Å²) in [6.07, 6.45) is 0. The van der Waals surface area contributed by atoms with Gasteiger partial charge in [0.1, 0.15) is 0 Å². The maximum Gasteiger partial charge on any atom is 0.272 e. The third-order valence-electron chi connectivity index (χ3n) is 3.87. The summed E-state index contributed by atoms with van der Waals surface area (Å²) in [4.78, 5) is 10.7. The molecule has 0 radical (unpaired) electrons. The van der Waals surface area contributed by atoms with E-state index < -0.39 is 0 Å². The largest absolute Gasteiger partial charge is 0.380 e. The van der Waals surface area contributed by atoms with Gasteiger partial charge in [0.15, 0.2) is 0 Å². The van der Waals surface area contributed by atoms with Crippen LogP contribution >= 0.6 is 0 Å². The summed E-state index contributed by atoms with van der Waals surface area (Å²) in [5.74, 6) is 0. The lowest BCUT2D eigenvalue weighted by atomic mass is 10.1. The van der Waals surface area contributed by atoms with Gasteiger partial charge < -0.3 is 5.32 Å². The number of nitro groups is 1. The standard InChI is InChI=1S/C18H16N2O2/c1-13-15(8-5-11-18(13)20(21)22)12-19-17-10-4-7-14-6-2-3-9-16(14)17/h2-11,19H,12H2,1H3. The van der Waals surface area contributed by atoms with Crippen LogP contribution in [-0.4, -0.2) is 4.92 Å². The van der Waals surface area contributed by atoms with E-state index >= 15 is 0 Å². The molecular weight excluding hydrogens is 276 g/mol. The molecule has 3 rings (SSSR count). The Morgan fingerprint density at radius 1 is 1.00 bits per heavy atom. The van der Waals surface area contributed by atoms with Crippen molar-refractivity contribution in [2.75, 3.05) is 5.32 Å². The highest BCUT2D eigenvalue weighted by Crippen LogP contribution is 2.25. The minimum absolute atomic E-state index is 0.164. The molecule has 0 aromatic heterocycles. The highest BCUT2D eigenvalue weighted by Gasteiger charge is 2.12. The molecule has 1 N–H and O–H groups in total. The van der Waals surface area contributed by atoms with E-state index in [-0.39, 0.29) is 10.6 Å². The highest BCUT2D eigenvalue weighted by molar-refractivity contribution is 5.93. The predicted molar refractivity (Wildman–Crippen MR) is 89.1 cm³/mol. The first-order valence-corrected chi connectivity index (χ1v) is 7.11. The second-order valence-electron chi connectivity index (χ2n) is 5.20. The van der Waals surface area contributed by atoms with Crippen LogP contribution in [0.5, 0.6) is 0 Å². The van der Waals surface area contributed by atoms with Crippen molar-refractivity contribution >= 4 is 22.1 Å². The van der Waals surface area contributed by atoms with Crippen LogP contribution in [-0.2, 0) is 6.54 Å².